The lowest BCUT2D eigenvalue weighted by atomic mass is 10.0. The van der Waals surface area contributed by atoms with Gasteiger partial charge in [-0.05, 0) is 19.3 Å². The van der Waals surface area contributed by atoms with Gasteiger partial charge in [0.15, 0.2) is 5.82 Å². The summed E-state index contributed by atoms with van der Waals surface area (Å²) in [5, 5.41) is 2.97. The number of nitrogens with one attached hydrogen (secondary N) is 2. The quantitative estimate of drug-likeness (QED) is 0.0625. The van der Waals surface area contributed by atoms with Crippen molar-refractivity contribution in [3.05, 3.63) is 17.2 Å². The maximum atomic E-state index is 12.7. The molecule has 0 aliphatic heterocycles. The van der Waals surface area contributed by atoms with Crippen LogP contribution in [-0.4, -0.2) is 28.3 Å². The van der Waals surface area contributed by atoms with Crippen LogP contribution >= 0.6 is 0 Å². The van der Waals surface area contributed by atoms with Crippen LogP contribution in [0.5, 0.6) is 0 Å². The van der Waals surface area contributed by atoms with Crippen molar-refractivity contribution in [2.45, 2.75) is 226 Å². The van der Waals surface area contributed by atoms with Gasteiger partial charge in [0.1, 0.15) is 5.69 Å². The standard InChI is InChI=1S/C41H78N4O2/c1-3-5-7-9-11-13-15-17-19-21-23-25-27-29-31-33-35-37-38(39(42)46)45-40(44-37)41(47)43-36-34-32-30-28-26-24-22-20-18-16-14-12-10-8-6-4-2/h3-36H2,1-2H3,(H2,42,46)(H,43,47)(H,44,45). The maximum absolute atomic E-state index is 12.7. The topological polar surface area (TPSA) is 101 Å². The molecule has 2 amide bonds. The summed E-state index contributed by atoms with van der Waals surface area (Å²) in [6.07, 6.45) is 43.3. The Labute approximate surface area is 291 Å². The van der Waals surface area contributed by atoms with Crippen LogP contribution in [-0.2, 0) is 6.42 Å². The molecular weight excluding hydrogens is 580 g/mol. The predicted octanol–water partition coefficient (Wildman–Crippen LogP) is 12.3. The molecule has 1 aromatic rings. The van der Waals surface area contributed by atoms with E-state index in [9.17, 15) is 9.59 Å². The third-order valence-corrected chi connectivity index (χ3v) is 9.82. The number of amides is 2. The normalized spacial score (nSPS) is 11.4. The fourth-order valence-electron chi connectivity index (χ4n) is 6.71. The van der Waals surface area contributed by atoms with Gasteiger partial charge in [0, 0.05) is 12.2 Å². The van der Waals surface area contributed by atoms with Crippen molar-refractivity contribution in [2.75, 3.05) is 6.54 Å². The van der Waals surface area contributed by atoms with Crippen LogP contribution in [0.15, 0.2) is 0 Å². The first-order chi connectivity index (χ1) is 23.1. The minimum atomic E-state index is -0.565. The Hall–Kier alpha value is -1.85. The highest BCUT2D eigenvalue weighted by atomic mass is 16.2. The lowest BCUT2D eigenvalue weighted by Gasteiger charge is -2.05. The van der Waals surface area contributed by atoms with Gasteiger partial charge < -0.3 is 16.0 Å². The van der Waals surface area contributed by atoms with Gasteiger partial charge in [-0.1, -0.05) is 206 Å². The number of imidazole rings is 1. The van der Waals surface area contributed by atoms with Gasteiger partial charge in [-0.15, -0.1) is 0 Å². The molecule has 0 atom stereocenters. The van der Waals surface area contributed by atoms with Gasteiger partial charge in [-0.2, -0.15) is 0 Å². The molecule has 0 unspecified atom stereocenters. The van der Waals surface area contributed by atoms with Crippen LogP contribution in [0.25, 0.3) is 0 Å². The van der Waals surface area contributed by atoms with Crippen LogP contribution in [0, 0.1) is 0 Å². The molecule has 0 aliphatic carbocycles. The summed E-state index contributed by atoms with van der Waals surface area (Å²) < 4.78 is 0. The highest BCUT2D eigenvalue weighted by Gasteiger charge is 2.18. The van der Waals surface area contributed by atoms with Gasteiger partial charge in [-0.3, -0.25) is 9.59 Å². The fourth-order valence-corrected chi connectivity index (χ4v) is 6.71. The van der Waals surface area contributed by atoms with E-state index >= 15 is 0 Å². The van der Waals surface area contributed by atoms with Crippen molar-refractivity contribution >= 4 is 11.8 Å². The number of primary amides is 1. The maximum Gasteiger partial charge on any atom is 0.287 e. The van der Waals surface area contributed by atoms with Gasteiger partial charge in [0.25, 0.3) is 11.8 Å². The van der Waals surface area contributed by atoms with Crippen molar-refractivity contribution in [2.24, 2.45) is 5.73 Å². The Morgan fingerprint density at radius 2 is 0.830 bits per heavy atom. The molecule has 1 heterocycles. The Kier molecular flexibility index (Phi) is 30.0. The summed E-state index contributed by atoms with van der Waals surface area (Å²) in [4.78, 5) is 32.0. The molecule has 0 saturated carbocycles. The Bertz CT molecular complexity index is 852. The minimum absolute atomic E-state index is 0.210. The van der Waals surface area contributed by atoms with E-state index in [1.807, 2.05) is 0 Å². The highest BCUT2D eigenvalue weighted by molar-refractivity contribution is 5.96. The number of rotatable bonds is 36. The van der Waals surface area contributed by atoms with E-state index < -0.39 is 5.91 Å². The number of carbonyl (C=O) groups is 2. The predicted molar refractivity (Wildman–Crippen MR) is 202 cm³/mol. The van der Waals surface area contributed by atoms with Gasteiger partial charge in [0.05, 0.1) is 0 Å². The lowest BCUT2D eigenvalue weighted by Crippen LogP contribution is -2.25. The monoisotopic (exact) mass is 659 g/mol. The largest absolute Gasteiger partial charge is 0.364 e. The van der Waals surface area contributed by atoms with Crippen LogP contribution in [0.1, 0.15) is 246 Å². The average Bonchev–Trinajstić information content (AvgIpc) is 3.50. The number of unbranched alkanes of at least 4 members (excludes halogenated alkanes) is 30. The highest BCUT2D eigenvalue weighted by Crippen LogP contribution is 2.16. The van der Waals surface area contributed by atoms with Crippen molar-refractivity contribution in [3.8, 4) is 0 Å². The first kappa shape index (κ1) is 43.2. The number of hydrogen-bond acceptors (Lipinski definition) is 3. The molecule has 274 valence electrons. The summed E-state index contributed by atoms with van der Waals surface area (Å²) in [6.45, 7) is 5.20. The summed E-state index contributed by atoms with van der Waals surface area (Å²) in [5.41, 5.74) is 6.51. The molecule has 0 spiro atoms. The van der Waals surface area contributed by atoms with Gasteiger partial charge >= 0.3 is 0 Å². The Morgan fingerprint density at radius 3 is 1.17 bits per heavy atom. The first-order valence-electron chi connectivity index (χ1n) is 20.8. The first-order valence-corrected chi connectivity index (χ1v) is 20.8. The molecular formula is C41H78N4O2. The zero-order valence-electron chi connectivity index (χ0n) is 31.4. The molecule has 6 heteroatoms. The molecule has 1 rings (SSSR count). The number of nitrogens with two attached hydrogens (primary N) is 1. The zero-order valence-corrected chi connectivity index (χ0v) is 31.4. The van der Waals surface area contributed by atoms with E-state index in [0.717, 1.165) is 25.7 Å². The number of aromatic nitrogens is 2. The van der Waals surface area contributed by atoms with Crippen molar-refractivity contribution in [1.82, 2.24) is 15.3 Å². The molecule has 0 radical (unpaired) electrons. The fraction of sp³-hybridized carbons (Fsp3) is 0.878. The molecule has 1 aromatic heterocycles. The van der Waals surface area contributed by atoms with E-state index in [1.165, 1.54) is 180 Å². The number of hydrogen-bond donors (Lipinski definition) is 3. The summed E-state index contributed by atoms with van der Waals surface area (Å²) in [7, 11) is 0. The van der Waals surface area contributed by atoms with E-state index in [4.69, 9.17) is 5.73 Å². The Morgan fingerprint density at radius 1 is 0.511 bits per heavy atom. The van der Waals surface area contributed by atoms with Crippen molar-refractivity contribution in [1.29, 1.82) is 0 Å². The van der Waals surface area contributed by atoms with Crippen LogP contribution in [0.4, 0.5) is 0 Å². The van der Waals surface area contributed by atoms with E-state index in [1.54, 1.807) is 0 Å². The van der Waals surface area contributed by atoms with E-state index in [2.05, 4.69) is 29.1 Å². The summed E-state index contributed by atoms with van der Waals surface area (Å²) in [6, 6.07) is 0. The Balaban J connectivity index is 2.02. The van der Waals surface area contributed by atoms with Crippen molar-refractivity contribution < 1.29 is 9.59 Å². The lowest BCUT2D eigenvalue weighted by molar-refractivity contribution is 0.0943. The number of nitrogens with zero attached hydrogens (tertiary/aromatic N) is 1. The SMILES string of the molecule is CCCCCCCCCCCCCCCCCCNC(=O)c1nc(C(N)=O)c(CCCCCCCCCCCCCCCCCC)[nH]1. The molecule has 0 fully saturated rings. The van der Waals surface area contributed by atoms with Gasteiger partial charge in [-0.25, -0.2) is 4.98 Å². The minimum Gasteiger partial charge on any atom is -0.364 e. The van der Waals surface area contributed by atoms with Gasteiger partial charge in [0.2, 0.25) is 0 Å². The third-order valence-electron chi connectivity index (χ3n) is 9.82. The molecule has 0 aromatic carbocycles. The number of aromatic amines is 1. The summed E-state index contributed by atoms with van der Waals surface area (Å²) >= 11 is 0. The van der Waals surface area contributed by atoms with Crippen molar-refractivity contribution in [3.63, 3.8) is 0 Å². The van der Waals surface area contributed by atoms with E-state index in [-0.39, 0.29) is 17.4 Å². The molecule has 6 nitrogen and oxygen atoms in total. The smallest absolute Gasteiger partial charge is 0.287 e. The molecule has 0 bridgehead atoms. The molecule has 4 N–H and O–H groups in total. The van der Waals surface area contributed by atoms with Crippen LogP contribution in [0.2, 0.25) is 0 Å². The number of aryl methyl sites for hydroxylation is 1. The van der Waals surface area contributed by atoms with Crippen LogP contribution < -0.4 is 11.1 Å². The average molecular weight is 659 g/mol. The molecule has 47 heavy (non-hydrogen) atoms. The summed E-state index contributed by atoms with van der Waals surface area (Å²) in [5.74, 6) is -0.599. The third kappa shape index (κ3) is 25.8. The van der Waals surface area contributed by atoms with Crippen LogP contribution in [0.3, 0.4) is 0 Å². The zero-order chi connectivity index (χ0) is 34.0. The van der Waals surface area contributed by atoms with E-state index in [0.29, 0.717) is 18.7 Å². The molecule has 0 aliphatic rings. The number of carbonyl (C=O) groups excluding carboxylic acids is 2. The second kappa shape index (κ2) is 32.7. The second-order valence-corrected chi connectivity index (χ2v) is 14.4. The number of H-pyrrole nitrogens is 1. The molecule has 0 saturated heterocycles. The second-order valence-electron chi connectivity index (χ2n) is 14.4.